The van der Waals surface area contributed by atoms with Crippen molar-refractivity contribution in [2.45, 2.75) is 33.4 Å². The fourth-order valence-electron chi connectivity index (χ4n) is 1.25. The smallest absolute Gasteiger partial charge is 0.357 e. The van der Waals surface area contributed by atoms with Gasteiger partial charge in [0.1, 0.15) is 5.01 Å². The lowest BCUT2D eigenvalue weighted by molar-refractivity contribution is -0.125. The third-order valence-electron chi connectivity index (χ3n) is 2.65. The first-order valence-electron chi connectivity index (χ1n) is 6.10. The molecule has 21 heavy (non-hydrogen) atoms. The van der Waals surface area contributed by atoms with Crippen molar-refractivity contribution in [2.75, 3.05) is 6.61 Å². The molecule has 1 heterocycles. The van der Waals surface area contributed by atoms with Crippen LogP contribution in [0.2, 0.25) is 0 Å². The highest BCUT2D eigenvalue weighted by Gasteiger charge is 2.17. The summed E-state index contributed by atoms with van der Waals surface area (Å²) in [5, 5.41) is 5.02. The van der Waals surface area contributed by atoms with Gasteiger partial charge < -0.3 is 15.8 Å². The van der Waals surface area contributed by atoms with Crippen LogP contribution >= 0.6 is 36.2 Å². The SMILES string of the molecule is CCOC(=O)c1csc(CNC(=O)C(C)C(C)N)n1.Cl.Cl. The maximum absolute atomic E-state index is 11.7. The van der Waals surface area contributed by atoms with E-state index < -0.39 is 5.97 Å². The summed E-state index contributed by atoms with van der Waals surface area (Å²) in [7, 11) is 0. The Bertz CT molecular complexity index is 455. The van der Waals surface area contributed by atoms with Gasteiger partial charge in [0.05, 0.1) is 13.2 Å². The van der Waals surface area contributed by atoms with Gasteiger partial charge in [-0.1, -0.05) is 6.92 Å². The number of thiazole rings is 1. The molecular weight excluding hydrogens is 337 g/mol. The summed E-state index contributed by atoms with van der Waals surface area (Å²) in [6, 6.07) is -0.202. The van der Waals surface area contributed by atoms with Crippen molar-refractivity contribution in [1.82, 2.24) is 10.3 Å². The quantitative estimate of drug-likeness (QED) is 0.756. The second-order valence-electron chi connectivity index (χ2n) is 4.21. The zero-order valence-corrected chi connectivity index (χ0v) is 14.6. The zero-order chi connectivity index (χ0) is 14.4. The summed E-state index contributed by atoms with van der Waals surface area (Å²) in [5.74, 6) is -0.826. The third kappa shape index (κ3) is 7.08. The summed E-state index contributed by atoms with van der Waals surface area (Å²) in [6.45, 7) is 5.90. The van der Waals surface area contributed by atoms with Crippen LogP contribution in [0.15, 0.2) is 5.38 Å². The van der Waals surface area contributed by atoms with Gasteiger partial charge in [0, 0.05) is 17.3 Å². The fraction of sp³-hybridized carbons (Fsp3) is 0.583. The molecule has 3 N–H and O–H groups in total. The van der Waals surface area contributed by atoms with E-state index in [-0.39, 0.29) is 48.4 Å². The molecule has 0 fully saturated rings. The molecule has 0 aliphatic heterocycles. The summed E-state index contributed by atoms with van der Waals surface area (Å²) in [6.07, 6.45) is 0. The van der Waals surface area contributed by atoms with Crippen molar-refractivity contribution in [2.24, 2.45) is 11.7 Å². The van der Waals surface area contributed by atoms with Crippen molar-refractivity contribution < 1.29 is 14.3 Å². The summed E-state index contributed by atoms with van der Waals surface area (Å²) in [4.78, 5) is 27.2. The maximum Gasteiger partial charge on any atom is 0.357 e. The number of hydrogen-bond acceptors (Lipinski definition) is 6. The minimum Gasteiger partial charge on any atom is -0.461 e. The van der Waals surface area contributed by atoms with E-state index in [9.17, 15) is 9.59 Å². The normalized spacial score (nSPS) is 12.4. The Labute approximate surface area is 140 Å². The van der Waals surface area contributed by atoms with Crippen molar-refractivity contribution in [3.8, 4) is 0 Å². The highest BCUT2D eigenvalue weighted by Crippen LogP contribution is 2.11. The van der Waals surface area contributed by atoms with Gasteiger partial charge in [-0.2, -0.15) is 0 Å². The minimum atomic E-state index is -0.444. The molecule has 2 unspecified atom stereocenters. The molecule has 0 aromatic carbocycles. The minimum absolute atomic E-state index is 0. The molecule has 1 rings (SSSR count). The first kappa shape index (κ1) is 22.4. The third-order valence-corrected chi connectivity index (χ3v) is 3.50. The molecule has 9 heteroatoms. The summed E-state index contributed by atoms with van der Waals surface area (Å²) >= 11 is 1.31. The van der Waals surface area contributed by atoms with Gasteiger partial charge in [-0.3, -0.25) is 4.79 Å². The van der Waals surface area contributed by atoms with Crippen molar-refractivity contribution >= 4 is 48.0 Å². The highest BCUT2D eigenvalue weighted by molar-refractivity contribution is 7.09. The van der Waals surface area contributed by atoms with Crippen LogP contribution in [-0.4, -0.2) is 29.5 Å². The Morgan fingerprint density at radius 1 is 1.43 bits per heavy atom. The number of amides is 1. The molecule has 6 nitrogen and oxygen atoms in total. The predicted molar refractivity (Wildman–Crippen MR) is 87.2 cm³/mol. The number of carbonyl (C=O) groups excluding carboxylic acids is 2. The predicted octanol–water partition coefficient (Wildman–Crippen LogP) is 1.76. The molecule has 1 aromatic heterocycles. The van der Waals surface area contributed by atoms with Gasteiger partial charge in [0.25, 0.3) is 0 Å². The number of esters is 1. The zero-order valence-electron chi connectivity index (χ0n) is 12.1. The lowest BCUT2D eigenvalue weighted by Gasteiger charge is -2.14. The number of nitrogens with zero attached hydrogens (tertiary/aromatic N) is 1. The van der Waals surface area contributed by atoms with Gasteiger partial charge in [-0.05, 0) is 13.8 Å². The number of nitrogens with one attached hydrogen (secondary N) is 1. The van der Waals surface area contributed by atoms with E-state index in [1.165, 1.54) is 11.3 Å². The second kappa shape index (κ2) is 10.8. The maximum atomic E-state index is 11.7. The van der Waals surface area contributed by atoms with Crippen LogP contribution in [0.1, 0.15) is 36.3 Å². The van der Waals surface area contributed by atoms with Gasteiger partial charge in [-0.25, -0.2) is 9.78 Å². The molecule has 0 aliphatic carbocycles. The molecule has 2 atom stereocenters. The second-order valence-corrected chi connectivity index (χ2v) is 5.16. The molecule has 1 amide bonds. The highest BCUT2D eigenvalue weighted by atomic mass is 35.5. The van der Waals surface area contributed by atoms with E-state index in [4.69, 9.17) is 10.5 Å². The number of hydrogen-bond donors (Lipinski definition) is 2. The molecule has 0 spiro atoms. The molecule has 1 aromatic rings. The monoisotopic (exact) mass is 357 g/mol. The largest absolute Gasteiger partial charge is 0.461 e. The van der Waals surface area contributed by atoms with E-state index >= 15 is 0 Å². The summed E-state index contributed by atoms with van der Waals surface area (Å²) < 4.78 is 4.84. The Kier molecular flexibility index (Phi) is 11.5. The lowest BCUT2D eigenvalue weighted by atomic mass is 10.0. The van der Waals surface area contributed by atoms with E-state index in [1.807, 2.05) is 0 Å². The molecule has 0 aliphatic rings. The van der Waals surface area contributed by atoms with Gasteiger partial charge in [0.15, 0.2) is 5.69 Å². The van der Waals surface area contributed by atoms with Gasteiger partial charge in [-0.15, -0.1) is 36.2 Å². The molecule has 0 saturated heterocycles. The molecule has 0 radical (unpaired) electrons. The fourth-order valence-corrected chi connectivity index (χ4v) is 1.96. The van der Waals surface area contributed by atoms with E-state index in [0.717, 1.165) is 0 Å². The lowest BCUT2D eigenvalue weighted by Crippen LogP contribution is -2.38. The van der Waals surface area contributed by atoms with E-state index in [0.29, 0.717) is 18.2 Å². The molecular formula is C12H21Cl2N3O3S. The van der Waals surface area contributed by atoms with E-state index in [2.05, 4.69) is 10.3 Å². The van der Waals surface area contributed by atoms with Crippen LogP contribution in [0.5, 0.6) is 0 Å². The Morgan fingerprint density at radius 2 is 2.05 bits per heavy atom. The van der Waals surface area contributed by atoms with Gasteiger partial charge >= 0.3 is 5.97 Å². The topological polar surface area (TPSA) is 94.3 Å². The number of halogens is 2. The molecule has 122 valence electrons. The first-order chi connectivity index (χ1) is 8.95. The van der Waals surface area contributed by atoms with Crippen LogP contribution in [0.4, 0.5) is 0 Å². The Hall–Kier alpha value is -0.890. The average Bonchev–Trinajstić information content (AvgIpc) is 2.84. The van der Waals surface area contributed by atoms with Crippen LogP contribution in [0.3, 0.4) is 0 Å². The van der Waals surface area contributed by atoms with Crippen molar-refractivity contribution in [3.63, 3.8) is 0 Å². The van der Waals surface area contributed by atoms with Crippen LogP contribution in [0, 0.1) is 5.92 Å². The summed E-state index contributed by atoms with van der Waals surface area (Å²) in [5.41, 5.74) is 5.92. The van der Waals surface area contributed by atoms with Gasteiger partial charge in [0.2, 0.25) is 5.91 Å². The Balaban J connectivity index is 0. The average molecular weight is 358 g/mol. The molecule has 0 bridgehead atoms. The van der Waals surface area contributed by atoms with Crippen molar-refractivity contribution in [1.29, 1.82) is 0 Å². The number of ether oxygens (including phenoxy) is 1. The number of aromatic nitrogens is 1. The first-order valence-corrected chi connectivity index (χ1v) is 6.98. The van der Waals surface area contributed by atoms with E-state index in [1.54, 1.807) is 26.2 Å². The number of carbonyl (C=O) groups is 2. The number of nitrogens with two attached hydrogens (primary N) is 1. The molecule has 0 saturated carbocycles. The van der Waals surface area contributed by atoms with Crippen LogP contribution in [0.25, 0.3) is 0 Å². The van der Waals surface area contributed by atoms with Crippen LogP contribution < -0.4 is 11.1 Å². The number of rotatable bonds is 6. The van der Waals surface area contributed by atoms with Crippen LogP contribution in [-0.2, 0) is 16.1 Å². The van der Waals surface area contributed by atoms with Crippen molar-refractivity contribution in [3.05, 3.63) is 16.1 Å². The Morgan fingerprint density at radius 3 is 2.57 bits per heavy atom. The standard InChI is InChI=1S/C12H19N3O3S.2ClH/c1-4-18-12(17)9-6-19-10(15-9)5-14-11(16)7(2)8(3)13;;/h6-8H,4-5,13H2,1-3H3,(H,14,16);2*1H.